The van der Waals surface area contributed by atoms with Gasteiger partial charge < -0.3 is 10.1 Å². The molecule has 0 spiro atoms. The molecule has 0 aromatic heterocycles. The van der Waals surface area contributed by atoms with Crippen LogP contribution in [-0.2, 0) is 4.79 Å². The summed E-state index contributed by atoms with van der Waals surface area (Å²) >= 11 is 0. The molecular weight excluding hydrogens is 288 g/mol. The van der Waals surface area contributed by atoms with Crippen molar-refractivity contribution >= 4 is 11.6 Å². The molecule has 1 amide bonds. The molecule has 23 heavy (non-hydrogen) atoms. The van der Waals surface area contributed by atoms with Gasteiger partial charge in [0.05, 0.1) is 13.2 Å². The van der Waals surface area contributed by atoms with E-state index >= 15 is 0 Å². The summed E-state index contributed by atoms with van der Waals surface area (Å²) in [7, 11) is 0. The van der Waals surface area contributed by atoms with Crippen molar-refractivity contribution in [3.05, 3.63) is 24.3 Å². The number of ether oxygens (including phenoxy) is 1. The molecule has 0 bridgehead atoms. The van der Waals surface area contributed by atoms with E-state index in [-0.39, 0.29) is 5.91 Å². The van der Waals surface area contributed by atoms with Gasteiger partial charge in [-0.1, -0.05) is 32.8 Å². The molecule has 0 radical (unpaired) electrons. The topological polar surface area (TPSA) is 41.6 Å². The number of anilines is 1. The Morgan fingerprint density at radius 2 is 1.96 bits per heavy atom. The fourth-order valence-corrected chi connectivity index (χ4v) is 2.77. The maximum absolute atomic E-state index is 12.2. The van der Waals surface area contributed by atoms with E-state index in [1.165, 1.54) is 25.7 Å². The largest absolute Gasteiger partial charge is 0.494 e. The Kier molecular flexibility index (Phi) is 7.40. The molecule has 0 aliphatic carbocycles. The number of hydrogen-bond acceptors (Lipinski definition) is 3. The van der Waals surface area contributed by atoms with Crippen LogP contribution in [0.15, 0.2) is 24.3 Å². The van der Waals surface area contributed by atoms with Gasteiger partial charge in [0.15, 0.2) is 0 Å². The number of carbonyl (C=O) groups excluding carboxylic acids is 1. The van der Waals surface area contributed by atoms with Gasteiger partial charge in [0.2, 0.25) is 5.91 Å². The molecule has 1 saturated heterocycles. The van der Waals surface area contributed by atoms with Crippen molar-refractivity contribution in [2.45, 2.75) is 46.0 Å². The molecule has 0 atom stereocenters. The third-order valence-corrected chi connectivity index (χ3v) is 4.15. The number of rotatable bonds is 7. The molecular formula is C19H30N2O2. The van der Waals surface area contributed by atoms with Crippen LogP contribution in [0.1, 0.15) is 46.0 Å². The molecule has 4 nitrogen and oxygen atoms in total. The Morgan fingerprint density at radius 3 is 2.65 bits per heavy atom. The highest BCUT2D eigenvalue weighted by Gasteiger charge is 2.13. The summed E-state index contributed by atoms with van der Waals surface area (Å²) in [5.41, 5.74) is 0.812. The summed E-state index contributed by atoms with van der Waals surface area (Å²) in [4.78, 5) is 14.5. The molecule has 1 heterocycles. The molecule has 1 fully saturated rings. The molecule has 1 N–H and O–H groups in total. The van der Waals surface area contributed by atoms with Gasteiger partial charge >= 0.3 is 0 Å². The predicted molar refractivity (Wildman–Crippen MR) is 94.9 cm³/mol. The van der Waals surface area contributed by atoms with Crippen molar-refractivity contribution in [3.63, 3.8) is 0 Å². The van der Waals surface area contributed by atoms with Crippen molar-refractivity contribution in [2.75, 3.05) is 31.6 Å². The maximum Gasteiger partial charge on any atom is 0.238 e. The van der Waals surface area contributed by atoms with Crippen LogP contribution in [0.2, 0.25) is 0 Å². The number of carbonyl (C=O) groups is 1. The molecule has 0 saturated carbocycles. The summed E-state index contributed by atoms with van der Waals surface area (Å²) in [5.74, 6) is 1.51. The van der Waals surface area contributed by atoms with Crippen LogP contribution in [-0.4, -0.2) is 37.0 Å². The van der Waals surface area contributed by atoms with Crippen LogP contribution in [0, 0.1) is 5.92 Å². The zero-order chi connectivity index (χ0) is 16.5. The number of likely N-dealkylation sites (tertiary alicyclic amines) is 1. The van der Waals surface area contributed by atoms with E-state index in [0.29, 0.717) is 19.1 Å². The molecule has 1 aromatic rings. The van der Waals surface area contributed by atoms with E-state index in [1.807, 2.05) is 24.3 Å². The van der Waals surface area contributed by atoms with Crippen LogP contribution >= 0.6 is 0 Å². The minimum absolute atomic E-state index is 0.0613. The van der Waals surface area contributed by atoms with Gasteiger partial charge in [-0.25, -0.2) is 0 Å². The van der Waals surface area contributed by atoms with E-state index in [1.54, 1.807) is 0 Å². The van der Waals surface area contributed by atoms with E-state index in [0.717, 1.165) is 30.9 Å². The third kappa shape index (κ3) is 7.04. The Bertz CT molecular complexity index is 480. The lowest BCUT2D eigenvalue weighted by molar-refractivity contribution is -0.117. The molecule has 1 aromatic carbocycles. The molecule has 1 aliphatic rings. The van der Waals surface area contributed by atoms with Crippen LogP contribution < -0.4 is 10.1 Å². The van der Waals surface area contributed by atoms with E-state index in [4.69, 9.17) is 4.74 Å². The fourth-order valence-electron chi connectivity index (χ4n) is 2.77. The van der Waals surface area contributed by atoms with Crippen LogP contribution in [0.4, 0.5) is 5.69 Å². The van der Waals surface area contributed by atoms with E-state index in [9.17, 15) is 4.79 Å². The minimum atomic E-state index is 0.0613. The highest BCUT2D eigenvalue weighted by Crippen LogP contribution is 2.18. The molecule has 0 unspecified atom stereocenters. The van der Waals surface area contributed by atoms with Crippen molar-refractivity contribution in [3.8, 4) is 5.75 Å². The first-order chi connectivity index (χ1) is 11.1. The summed E-state index contributed by atoms with van der Waals surface area (Å²) in [5, 5.41) is 2.99. The highest BCUT2D eigenvalue weighted by atomic mass is 16.5. The predicted octanol–water partition coefficient (Wildman–Crippen LogP) is 3.93. The summed E-state index contributed by atoms with van der Waals surface area (Å²) in [6.07, 6.45) is 6.01. The molecule has 4 heteroatoms. The van der Waals surface area contributed by atoms with E-state index in [2.05, 4.69) is 24.1 Å². The first kappa shape index (κ1) is 17.8. The van der Waals surface area contributed by atoms with Gasteiger partial charge in [0.25, 0.3) is 0 Å². The lowest BCUT2D eigenvalue weighted by Gasteiger charge is -2.19. The van der Waals surface area contributed by atoms with Crippen LogP contribution in [0.3, 0.4) is 0 Å². The number of nitrogens with zero attached hydrogens (tertiary/aromatic N) is 1. The molecule has 1 aliphatic heterocycles. The van der Waals surface area contributed by atoms with Crippen LogP contribution in [0.5, 0.6) is 5.75 Å². The summed E-state index contributed by atoms with van der Waals surface area (Å²) < 4.78 is 5.74. The number of hydrogen-bond donors (Lipinski definition) is 1. The van der Waals surface area contributed by atoms with Crippen molar-refractivity contribution in [2.24, 2.45) is 5.92 Å². The van der Waals surface area contributed by atoms with Gasteiger partial charge in [-0.3, -0.25) is 9.69 Å². The Morgan fingerprint density at radius 1 is 1.22 bits per heavy atom. The maximum atomic E-state index is 12.2. The normalized spacial score (nSPS) is 16.1. The molecule has 128 valence electrons. The smallest absolute Gasteiger partial charge is 0.238 e. The SMILES string of the molecule is CC(C)CCOc1cccc(NC(=O)CN2CCCCCC2)c1. The first-order valence-electron chi connectivity index (χ1n) is 8.88. The van der Waals surface area contributed by atoms with Gasteiger partial charge in [0.1, 0.15) is 5.75 Å². The van der Waals surface area contributed by atoms with E-state index < -0.39 is 0 Å². The fraction of sp³-hybridized carbons (Fsp3) is 0.632. The second-order valence-corrected chi connectivity index (χ2v) is 6.80. The zero-order valence-electron chi connectivity index (χ0n) is 14.5. The lowest BCUT2D eigenvalue weighted by Crippen LogP contribution is -2.33. The third-order valence-electron chi connectivity index (χ3n) is 4.15. The molecule has 2 rings (SSSR count). The summed E-state index contributed by atoms with van der Waals surface area (Å²) in [6.45, 7) is 7.63. The Hall–Kier alpha value is -1.55. The number of nitrogens with one attached hydrogen (secondary N) is 1. The minimum Gasteiger partial charge on any atom is -0.494 e. The number of amides is 1. The second-order valence-electron chi connectivity index (χ2n) is 6.80. The summed E-state index contributed by atoms with van der Waals surface area (Å²) in [6, 6.07) is 7.67. The van der Waals surface area contributed by atoms with Crippen LogP contribution in [0.25, 0.3) is 0 Å². The van der Waals surface area contributed by atoms with Crippen molar-refractivity contribution < 1.29 is 9.53 Å². The van der Waals surface area contributed by atoms with Gasteiger partial charge in [-0.15, -0.1) is 0 Å². The van der Waals surface area contributed by atoms with Gasteiger partial charge in [0, 0.05) is 11.8 Å². The quantitative estimate of drug-likeness (QED) is 0.828. The second kappa shape index (κ2) is 9.56. The zero-order valence-corrected chi connectivity index (χ0v) is 14.5. The monoisotopic (exact) mass is 318 g/mol. The first-order valence-corrected chi connectivity index (χ1v) is 8.88. The van der Waals surface area contributed by atoms with Crippen molar-refractivity contribution in [1.29, 1.82) is 0 Å². The van der Waals surface area contributed by atoms with Crippen molar-refractivity contribution in [1.82, 2.24) is 4.90 Å². The highest BCUT2D eigenvalue weighted by molar-refractivity contribution is 5.92. The average molecular weight is 318 g/mol. The van der Waals surface area contributed by atoms with Gasteiger partial charge in [-0.2, -0.15) is 0 Å². The lowest BCUT2D eigenvalue weighted by atomic mass is 10.1. The standard InChI is InChI=1S/C19H30N2O2/c1-16(2)10-13-23-18-9-7-8-17(14-18)20-19(22)15-21-11-5-3-4-6-12-21/h7-9,14,16H,3-6,10-13,15H2,1-2H3,(H,20,22). The average Bonchev–Trinajstić information content (AvgIpc) is 2.76. The van der Waals surface area contributed by atoms with Gasteiger partial charge in [-0.05, 0) is 50.4 Å². The Labute approximate surface area is 140 Å². The Balaban J connectivity index is 1.80. The number of benzene rings is 1.